The van der Waals surface area contributed by atoms with Crippen LogP contribution < -0.4 is 4.90 Å². The van der Waals surface area contributed by atoms with Gasteiger partial charge >= 0.3 is 5.97 Å². The molecular weight excluding hydrogens is 532 g/mol. The molecule has 3 saturated heterocycles. The number of thioether (sulfide) groups is 1. The summed E-state index contributed by atoms with van der Waals surface area (Å²) >= 11 is 5.34. The maximum absolute atomic E-state index is 14.4. The van der Waals surface area contributed by atoms with E-state index in [1.54, 1.807) is 34.6 Å². The summed E-state index contributed by atoms with van der Waals surface area (Å²) in [6.45, 7) is 10.3. The quantitative estimate of drug-likeness (QED) is 0.281. The van der Waals surface area contributed by atoms with E-state index in [2.05, 4.69) is 22.5 Å². The fourth-order valence-electron chi connectivity index (χ4n) is 5.99. The Bertz CT molecular complexity index is 1030. The molecule has 3 aliphatic rings. The predicted molar refractivity (Wildman–Crippen MR) is 141 cm³/mol. The highest BCUT2D eigenvalue weighted by molar-refractivity contribution is 9.09. The van der Waals surface area contributed by atoms with Gasteiger partial charge in [-0.25, -0.2) is 0 Å². The number of aliphatic hydroxyl groups excluding tert-OH is 1. The van der Waals surface area contributed by atoms with E-state index >= 15 is 0 Å². The van der Waals surface area contributed by atoms with Crippen LogP contribution in [0.25, 0.3) is 0 Å². The Kier molecular flexibility index (Phi) is 7.69. The normalized spacial score (nSPS) is 30.9. The predicted octanol–water partition coefficient (Wildman–Crippen LogP) is 3.23. The van der Waals surface area contributed by atoms with Crippen molar-refractivity contribution in [1.82, 2.24) is 4.90 Å². The number of rotatable bonds is 9. The van der Waals surface area contributed by atoms with Gasteiger partial charge < -0.3 is 19.6 Å². The van der Waals surface area contributed by atoms with Gasteiger partial charge in [0.15, 0.2) is 0 Å². The Balaban J connectivity index is 1.81. The van der Waals surface area contributed by atoms with Crippen LogP contribution in [0.3, 0.4) is 0 Å². The summed E-state index contributed by atoms with van der Waals surface area (Å²) in [7, 11) is 0. The molecule has 1 aromatic carbocycles. The third kappa shape index (κ3) is 4.23. The van der Waals surface area contributed by atoms with Gasteiger partial charge in [0.2, 0.25) is 5.91 Å². The van der Waals surface area contributed by atoms with Gasteiger partial charge in [-0.05, 0) is 50.8 Å². The molecular formula is C26H33BrN2O5S. The lowest BCUT2D eigenvalue weighted by molar-refractivity contribution is -0.153. The molecule has 0 saturated carbocycles. The average molecular weight is 566 g/mol. The topological polar surface area (TPSA) is 87.2 Å². The Labute approximate surface area is 219 Å². The van der Waals surface area contributed by atoms with Crippen LogP contribution in [0.4, 0.5) is 5.69 Å². The summed E-state index contributed by atoms with van der Waals surface area (Å²) in [6.07, 6.45) is 2.66. The molecule has 7 nitrogen and oxygen atoms in total. The summed E-state index contributed by atoms with van der Waals surface area (Å²) in [4.78, 5) is 44.7. The van der Waals surface area contributed by atoms with Crippen LogP contribution in [-0.4, -0.2) is 75.0 Å². The second kappa shape index (κ2) is 10.3. The minimum absolute atomic E-state index is 0.00684. The van der Waals surface area contributed by atoms with Gasteiger partial charge in [-0.3, -0.25) is 14.4 Å². The number of esters is 1. The lowest BCUT2D eigenvalue weighted by atomic mass is 9.71. The van der Waals surface area contributed by atoms with E-state index in [9.17, 15) is 19.5 Å². The molecule has 3 heterocycles. The van der Waals surface area contributed by atoms with Crippen molar-refractivity contribution in [3.63, 3.8) is 0 Å². The first-order valence-corrected chi connectivity index (χ1v) is 13.9. The highest BCUT2D eigenvalue weighted by Crippen LogP contribution is 2.68. The average Bonchev–Trinajstić information content (AvgIpc) is 3.41. The molecule has 9 heteroatoms. The standard InChI is InChI=1S/C26H33BrN2O5S/c1-5-10-28(18-13-15(3)8-9-16(18)4)24(32)22-26-14-17(27)21(35-26)19(25(33)34-6-2)20(26)23(31)29(22)11-7-12-30/h5,8-9,13,17,19-22,30H,1,6-7,10-12,14H2,2-4H3/t17?,19-,20-,21-,22?,26?/m0/s1. The number of aryl methyl sites for hydroxylation is 2. The molecule has 6 atom stereocenters. The summed E-state index contributed by atoms with van der Waals surface area (Å²) < 4.78 is 4.64. The molecule has 1 spiro atoms. The van der Waals surface area contributed by atoms with Gasteiger partial charge in [0.1, 0.15) is 6.04 Å². The van der Waals surface area contributed by atoms with Crippen molar-refractivity contribution in [3.8, 4) is 0 Å². The molecule has 0 radical (unpaired) electrons. The van der Waals surface area contributed by atoms with Crippen LogP contribution in [-0.2, 0) is 19.1 Å². The van der Waals surface area contributed by atoms with Crippen molar-refractivity contribution in [2.24, 2.45) is 11.8 Å². The lowest BCUT2D eigenvalue weighted by Crippen LogP contribution is -2.55. The number of carbonyl (C=O) groups is 3. The third-order valence-electron chi connectivity index (χ3n) is 7.37. The van der Waals surface area contributed by atoms with E-state index in [0.29, 0.717) is 19.4 Å². The molecule has 0 aromatic heterocycles. The van der Waals surface area contributed by atoms with E-state index in [1.807, 2.05) is 32.0 Å². The fraction of sp³-hybridized carbons (Fsp3) is 0.577. The number of aliphatic hydroxyl groups is 1. The first-order valence-electron chi connectivity index (χ1n) is 12.1. The molecule has 4 rings (SSSR count). The first kappa shape index (κ1) is 26.2. The van der Waals surface area contributed by atoms with Crippen molar-refractivity contribution in [3.05, 3.63) is 42.0 Å². The van der Waals surface area contributed by atoms with Crippen LogP contribution in [0.1, 0.15) is 30.9 Å². The monoisotopic (exact) mass is 564 g/mol. The molecule has 3 aliphatic heterocycles. The second-order valence-electron chi connectivity index (χ2n) is 9.55. The highest BCUT2D eigenvalue weighted by Gasteiger charge is 2.76. The van der Waals surface area contributed by atoms with Gasteiger partial charge in [-0.1, -0.05) is 34.1 Å². The highest BCUT2D eigenvalue weighted by atomic mass is 79.9. The van der Waals surface area contributed by atoms with Crippen LogP contribution in [0.5, 0.6) is 0 Å². The SMILES string of the molecule is C=CCN(C(=O)C1N(CCCO)C(=O)[C@@H]2[C@H](C(=O)OCC)[C@H]3SC12CC3Br)c1cc(C)ccc1C. The number of alkyl halides is 1. The van der Waals surface area contributed by atoms with E-state index < -0.39 is 22.6 Å². The molecule has 190 valence electrons. The number of halogens is 1. The van der Waals surface area contributed by atoms with Crippen molar-refractivity contribution < 1.29 is 24.2 Å². The first-order chi connectivity index (χ1) is 16.7. The Morgan fingerprint density at radius 3 is 2.80 bits per heavy atom. The number of fused-ring (bicyclic) bond motifs is 1. The summed E-state index contributed by atoms with van der Waals surface area (Å²) in [5, 5.41) is 9.39. The van der Waals surface area contributed by atoms with Gasteiger partial charge in [0, 0.05) is 35.5 Å². The molecule has 0 aliphatic carbocycles. The second-order valence-corrected chi connectivity index (χ2v) is 12.3. The number of carbonyl (C=O) groups excluding carboxylic acids is 3. The zero-order chi connectivity index (χ0) is 25.5. The van der Waals surface area contributed by atoms with Crippen molar-refractivity contribution >= 4 is 51.2 Å². The van der Waals surface area contributed by atoms with E-state index in [-0.39, 0.29) is 47.6 Å². The number of hydrogen-bond acceptors (Lipinski definition) is 6. The number of nitrogens with zero attached hydrogens (tertiary/aromatic N) is 2. The maximum atomic E-state index is 14.4. The Morgan fingerprint density at radius 1 is 1.40 bits per heavy atom. The molecule has 3 unspecified atom stereocenters. The third-order valence-corrected chi connectivity index (χ3v) is 10.6. The van der Waals surface area contributed by atoms with Gasteiger partial charge in [-0.2, -0.15) is 0 Å². The van der Waals surface area contributed by atoms with Crippen molar-refractivity contribution in [1.29, 1.82) is 0 Å². The molecule has 1 N–H and O–H groups in total. The number of anilines is 1. The fourth-order valence-corrected chi connectivity index (χ4v) is 9.59. The number of ether oxygens (including phenoxy) is 1. The van der Waals surface area contributed by atoms with Crippen molar-refractivity contribution in [2.75, 3.05) is 31.2 Å². The summed E-state index contributed by atoms with van der Waals surface area (Å²) in [6, 6.07) is 5.22. The molecule has 2 amide bonds. The van der Waals surface area contributed by atoms with Gasteiger partial charge in [0.25, 0.3) is 5.91 Å². The van der Waals surface area contributed by atoms with Crippen LogP contribution in [0, 0.1) is 25.7 Å². The number of likely N-dealkylation sites (tertiary alicyclic amines) is 1. The van der Waals surface area contributed by atoms with E-state index in [0.717, 1.165) is 16.8 Å². The zero-order valence-corrected chi connectivity index (χ0v) is 22.8. The number of benzene rings is 1. The van der Waals surface area contributed by atoms with Crippen molar-refractivity contribution in [2.45, 2.75) is 54.5 Å². The zero-order valence-electron chi connectivity index (χ0n) is 20.4. The molecule has 35 heavy (non-hydrogen) atoms. The van der Waals surface area contributed by atoms with Gasteiger partial charge in [0.05, 0.1) is 23.2 Å². The van der Waals surface area contributed by atoms with E-state index in [1.165, 1.54) is 0 Å². The number of amides is 2. The molecule has 1 aromatic rings. The largest absolute Gasteiger partial charge is 0.466 e. The van der Waals surface area contributed by atoms with Gasteiger partial charge in [-0.15, -0.1) is 18.3 Å². The van der Waals surface area contributed by atoms with Crippen LogP contribution >= 0.6 is 27.7 Å². The Morgan fingerprint density at radius 2 is 2.14 bits per heavy atom. The van der Waals surface area contributed by atoms with Crippen LogP contribution in [0.2, 0.25) is 0 Å². The van der Waals surface area contributed by atoms with Crippen LogP contribution in [0.15, 0.2) is 30.9 Å². The maximum Gasteiger partial charge on any atom is 0.310 e. The smallest absolute Gasteiger partial charge is 0.310 e. The lowest BCUT2D eigenvalue weighted by Gasteiger charge is -2.38. The number of hydrogen-bond donors (Lipinski definition) is 1. The van der Waals surface area contributed by atoms with E-state index in [4.69, 9.17) is 4.74 Å². The Hall–Kier alpha value is -1.84. The minimum atomic E-state index is -0.749. The summed E-state index contributed by atoms with van der Waals surface area (Å²) in [5.74, 6) is -1.97. The molecule has 3 fully saturated rings. The molecule has 2 bridgehead atoms. The minimum Gasteiger partial charge on any atom is -0.466 e. The summed E-state index contributed by atoms with van der Waals surface area (Å²) in [5.41, 5.74) is 2.78.